The number of allylic oxidation sites excluding steroid dienone is 4. The maximum Gasteiger partial charge on any atom is 0.0446 e. The van der Waals surface area contributed by atoms with Gasteiger partial charge in [0.15, 0.2) is 0 Å². The van der Waals surface area contributed by atoms with Crippen LogP contribution in [0.5, 0.6) is 0 Å². The molecule has 4 heteroatoms. The molecule has 0 spiro atoms. The highest BCUT2D eigenvalue weighted by Gasteiger charge is 2.24. The molecule has 4 nitrogen and oxygen atoms in total. The molecule has 0 aromatic carbocycles. The normalized spacial score (nSPS) is 22.7. The SMILES string of the molecule is C=C(/C=C(/C)C(=CN)C(C)=NC(C)C)C1=CCN(C(=C)C2CCCN(C)C2)CC1. The number of hydrogen-bond donors (Lipinski definition) is 1. The van der Waals surface area contributed by atoms with Crippen LogP contribution in [0.15, 0.2) is 64.5 Å². The zero-order valence-electron chi connectivity index (χ0n) is 19.2. The molecule has 0 amide bonds. The van der Waals surface area contributed by atoms with E-state index in [4.69, 9.17) is 5.73 Å². The maximum atomic E-state index is 5.89. The molecule has 1 unspecified atom stereocenters. The molecule has 2 heterocycles. The Labute approximate surface area is 178 Å². The highest BCUT2D eigenvalue weighted by molar-refractivity contribution is 6.02. The van der Waals surface area contributed by atoms with Crippen molar-refractivity contribution in [3.8, 4) is 0 Å². The molecule has 0 bridgehead atoms. The van der Waals surface area contributed by atoms with Crippen molar-refractivity contribution < 1.29 is 0 Å². The predicted molar refractivity (Wildman–Crippen MR) is 127 cm³/mol. The molecule has 29 heavy (non-hydrogen) atoms. The topological polar surface area (TPSA) is 44.9 Å². The van der Waals surface area contributed by atoms with Gasteiger partial charge in [0, 0.05) is 54.8 Å². The van der Waals surface area contributed by atoms with E-state index in [-0.39, 0.29) is 6.04 Å². The molecule has 0 aliphatic carbocycles. The van der Waals surface area contributed by atoms with Gasteiger partial charge in [0.05, 0.1) is 0 Å². The second kappa shape index (κ2) is 10.6. The molecule has 1 fully saturated rings. The standard InChI is InChI=1S/C25H40N4/c1-18(2)27-21(5)25(16-26)20(4)15-19(3)23-10-13-29(14-11-23)22(6)24-9-8-12-28(7)17-24/h10,15-16,18,24H,3,6,8-9,11-14,17,26H2,1-2,4-5,7H3/b20-15-,25-16?,27-21?. The van der Waals surface area contributed by atoms with Crippen LogP contribution >= 0.6 is 0 Å². The first-order valence-electron chi connectivity index (χ1n) is 10.9. The fourth-order valence-electron chi connectivity index (χ4n) is 4.34. The number of rotatable bonds is 7. The quantitative estimate of drug-likeness (QED) is 0.502. The van der Waals surface area contributed by atoms with Gasteiger partial charge in [-0.25, -0.2) is 0 Å². The highest BCUT2D eigenvalue weighted by atomic mass is 15.2. The van der Waals surface area contributed by atoms with Crippen LogP contribution in [0.25, 0.3) is 0 Å². The summed E-state index contributed by atoms with van der Waals surface area (Å²) in [6.07, 6.45) is 9.65. The van der Waals surface area contributed by atoms with Gasteiger partial charge in [-0.3, -0.25) is 4.99 Å². The first-order valence-corrected chi connectivity index (χ1v) is 10.9. The lowest BCUT2D eigenvalue weighted by atomic mass is 9.92. The summed E-state index contributed by atoms with van der Waals surface area (Å²) in [5, 5.41) is 0. The summed E-state index contributed by atoms with van der Waals surface area (Å²) in [4.78, 5) is 9.50. The number of piperidine rings is 1. The van der Waals surface area contributed by atoms with E-state index in [9.17, 15) is 0 Å². The number of nitrogens with two attached hydrogens (primary N) is 1. The van der Waals surface area contributed by atoms with Gasteiger partial charge < -0.3 is 15.5 Å². The van der Waals surface area contributed by atoms with E-state index in [0.717, 1.165) is 48.5 Å². The second-order valence-electron chi connectivity index (χ2n) is 8.76. The summed E-state index contributed by atoms with van der Waals surface area (Å²) in [7, 11) is 2.21. The van der Waals surface area contributed by atoms with E-state index in [1.54, 1.807) is 6.20 Å². The summed E-state index contributed by atoms with van der Waals surface area (Å²) >= 11 is 0. The molecule has 0 radical (unpaired) electrons. The Balaban J connectivity index is 2.02. The maximum absolute atomic E-state index is 5.89. The molecule has 1 atom stereocenters. The van der Waals surface area contributed by atoms with E-state index in [0.29, 0.717) is 5.92 Å². The fourth-order valence-corrected chi connectivity index (χ4v) is 4.34. The summed E-state index contributed by atoms with van der Waals surface area (Å²) in [5.41, 5.74) is 12.7. The number of likely N-dealkylation sites (tertiary alicyclic amines) is 1. The van der Waals surface area contributed by atoms with Crippen molar-refractivity contribution in [3.63, 3.8) is 0 Å². The van der Waals surface area contributed by atoms with Gasteiger partial charge >= 0.3 is 0 Å². The average molecular weight is 397 g/mol. The Morgan fingerprint density at radius 3 is 2.55 bits per heavy atom. The van der Waals surface area contributed by atoms with Crippen LogP contribution in [0.4, 0.5) is 0 Å². The zero-order chi connectivity index (χ0) is 21.6. The molecule has 1 saturated heterocycles. The lowest BCUT2D eigenvalue weighted by molar-refractivity contribution is 0.198. The van der Waals surface area contributed by atoms with E-state index >= 15 is 0 Å². The van der Waals surface area contributed by atoms with Gasteiger partial charge in [0.2, 0.25) is 0 Å². The van der Waals surface area contributed by atoms with Gasteiger partial charge in [0.25, 0.3) is 0 Å². The van der Waals surface area contributed by atoms with Crippen LogP contribution in [0.2, 0.25) is 0 Å². The largest absolute Gasteiger partial charge is 0.404 e. The van der Waals surface area contributed by atoms with Crippen molar-refractivity contribution in [1.82, 2.24) is 9.80 Å². The summed E-state index contributed by atoms with van der Waals surface area (Å²) < 4.78 is 0. The Morgan fingerprint density at radius 2 is 2.00 bits per heavy atom. The molecular formula is C25H40N4. The van der Waals surface area contributed by atoms with Gasteiger partial charge in [-0.2, -0.15) is 0 Å². The van der Waals surface area contributed by atoms with E-state index in [1.807, 2.05) is 6.92 Å². The van der Waals surface area contributed by atoms with Crippen LogP contribution < -0.4 is 5.73 Å². The molecule has 0 aromatic rings. The minimum absolute atomic E-state index is 0.255. The minimum Gasteiger partial charge on any atom is -0.404 e. The molecule has 0 aromatic heterocycles. The Morgan fingerprint density at radius 1 is 1.28 bits per heavy atom. The van der Waals surface area contributed by atoms with Crippen molar-refractivity contribution in [2.24, 2.45) is 16.6 Å². The number of hydrogen-bond acceptors (Lipinski definition) is 4. The lowest BCUT2D eigenvalue weighted by Crippen LogP contribution is -2.38. The third-order valence-electron chi connectivity index (χ3n) is 5.95. The van der Waals surface area contributed by atoms with Gasteiger partial charge in [-0.1, -0.05) is 25.3 Å². The van der Waals surface area contributed by atoms with Crippen LogP contribution in [-0.2, 0) is 0 Å². The zero-order valence-corrected chi connectivity index (χ0v) is 19.2. The van der Waals surface area contributed by atoms with Crippen LogP contribution in [0, 0.1) is 5.92 Å². The van der Waals surface area contributed by atoms with E-state index < -0.39 is 0 Å². The monoisotopic (exact) mass is 396 g/mol. The Bertz CT molecular complexity index is 736. The second-order valence-corrected chi connectivity index (χ2v) is 8.76. The van der Waals surface area contributed by atoms with Gasteiger partial charge in [0.1, 0.15) is 0 Å². The number of nitrogens with zero attached hydrogens (tertiary/aromatic N) is 3. The van der Waals surface area contributed by atoms with Crippen molar-refractivity contribution in [3.05, 3.63) is 59.5 Å². The van der Waals surface area contributed by atoms with Crippen LogP contribution in [-0.4, -0.2) is 54.8 Å². The molecule has 2 rings (SSSR count). The summed E-state index contributed by atoms with van der Waals surface area (Å²) in [5.74, 6) is 0.592. The molecular weight excluding hydrogens is 356 g/mol. The van der Waals surface area contributed by atoms with Crippen LogP contribution in [0.1, 0.15) is 47.0 Å². The van der Waals surface area contributed by atoms with E-state index in [1.165, 1.54) is 30.7 Å². The summed E-state index contributed by atoms with van der Waals surface area (Å²) in [6, 6.07) is 0.255. The Hall–Kier alpha value is -2.07. The number of aliphatic imine (C=N–C) groups is 1. The van der Waals surface area contributed by atoms with E-state index in [2.05, 4.69) is 67.9 Å². The lowest BCUT2D eigenvalue weighted by Gasteiger charge is -2.38. The van der Waals surface area contributed by atoms with Crippen molar-refractivity contribution in [2.45, 2.75) is 53.0 Å². The molecule has 2 aliphatic heterocycles. The third-order valence-corrected chi connectivity index (χ3v) is 5.95. The van der Waals surface area contributed by atoms with Crippen molar-refractivity contribution >= 4 is 5.71 Å². The Kier molecular flexibility index (Phi) is 8.51. The van der Waals surface area contributed by atoms with Crippen molar-refractivity contribution in [1.29, 1.82) is 0 Å². The molecule has 0 saturated carbocycles. The van der Waals surface area contributed by atoms with Crippen molar-refractivity contribution in [2.75, 3.05) is 33.2 Å². The highest BCUT2D eigenvalue weighted by Crippen LogP contribution is 2.28. The smallest absolute Gasteiger partial charge is 0.0446 e. The fraction of sp³-hybridized carbons (Fsp3) is 0.560. The first kappa shape index (κ1) is 23.2. The first-order chi connectivity index (χ1) is 13.7. The predicted octanol–water partition coefficient (Wildman–Crippen LogP) is 4.69. The minimum atomic E-state index is 0.255. The van der Waals surface area contributed by atoms with Gasteiger partial charge in [-0.15, -0.1) is 0 Å². The van der Waals surface area contributed by atoms with Crippen LogP contribution in [0.3, 0.4) is 0 Å². The molecule has 160 valence electrons. The molecule has 2 aliphatic rings. The average Bonchev–Trinajstić information content (AvgIpc) is 2.67. The summed E-state index contributed by atoms with van der Waals surface area (Å²) in [6.45, 7) is 21.3. The van der Waals surface area contributed by atoms with Gasteiger partial charge in [-0.05, 0) is 77.3 Å². The molecule has 2 N–H and O–H groups in total. The third kappa shape index (κ3) is 6.46.